The standard InChI is InChI=1S/C27H20N2O3S/c30-27(24-14-16-5-1-4-8-23(16)33-24)29-12-11-19-18-6-2-3-7-20(18)28-25(19)26(29)17-9-10-21-22(13-17)32-15-31-21/h1-10,13-14,26,28H,11-12,15H2. The van der Waals surface area contributed by atoms with Gasteiger partial charge in [0, 0.05) is 27.8 Å². The van der Waals surface area contributed by atoms with Gasteiger partial charge in [0.2, 0.25) is 6.79 Å². The van der Waals surface area contributed by atoms with Crippen molar-refractivity contribution in [3.05, 3.63) is 94.5 Å². The summed E-state index contributed by atoms with van der Waals surface area (Å²) >= 11 is 1.56. The van der Waals surface area contributed by atoms with Gasteiger partial charge in [-0.15, -0.1) is 11.3 Å². The number of fused-ring (bicyclic) bond motifs is 5. The zero-order valence-corrected chi connectivity index (χ0v) is 18.5. The average Bonchev–Trinajstić information content (AvgIpc) is 3.58. The van der Waals surface area contributed by atoms with Gasteiger partial charge in [-0.05, 0) is 53.3 Å². The number of rotatable bonds is 2. The van der Waals surface area contributed by atoms with E-state index < -0.39 is 0 Å². The van der Waals surface area contributed by atoms with Gasteiger partial charge in [0.25, 0.3) is 5.91 Å². The van der Waals surface area contributed by atoms with Crippen molar-refractivity contribution in [3.8, 4) is 11.5 Å². The molecule has 2 aliphatic heterocycles. The molecule has 162 valence electrons. The Morgan fingerprint density at radius 1 is 0.970 bits per heavy atom. The third-order valence-electron chi connectivity index (χ3n) is 6.64. The van der Waals surface area contributed by atoms with Gasteiger partial charge in [-0.3, -0.25) is 4.79 Å². The van der Waals surface area contributed by atoms with Crippen LogP contribution in [-0.2, 0) is 6.42 Å². The lowest BCUT2D eigenvalue weighted by Gasteiger charge is -2.36. The van der Waals surface area contributed by atoms with E-state index in [0.717, 1.165) is 49.7 Å². The Hall–Kier alpha value is -3.77. The van der Waals surface area contributed by atoms with Crippen LogP contribution in [0.25, 0.3) is 21.0 Å². The van der Waals surface area contributed by atoms with Gasteiger partial charge in [-0.25, -0.2) is 0 Å². The molecular weight excluding hydrogens is 432 g/mol. The van der Waals surface area contributed by atoms with Crippen LogP contribution >= 0.6 is 11.3 Å². The minimum absolute atomic E-state index is 0.0585. The molecule has 7 rings (SSSR count). The second-order valence-corrected chi connectivity index (χ2v) is 9.56. The van der Waals surface area contributed by atoms with E-state index in [4.69, 9.17) is 9.47 Å². The van der Waals surface area contributed by atoms with Crippen LogP contribution in [0.3, 0.4) is 0 Å². The van der Waals surface area contributed by atoms with Gasteiger partial charge in [-0.1, -0.05) is 42.5 Å². The number of hydrogen-bond donors (Lipinski definition) is 1. The second kappa shape index (κ2) is 7.12. The minimum atomic E-state index is -0.228. The molecule has 1 amide bonds. The lowest BCUT2D eigenvalue weighted by Crippen LogP contribution is -2.40. The van der Waals surface area contributed by atoms with Crippen LogP contribution in [0, 0.1) is 0 Å². The maximum atomic E-state index is 13.9. The Morgan fingerprint density at radius 3 is 2.76 bits per heavy atom. The van der Waals surface area contributed by atoms with Crippen molar-refractivity contribution in [2.75, 3.05) is 13.3 Å². The van der Waals surface area contributed by atoms with Gasteiger partial charge < -0.3 is 19.4 Å². The topological polar surface area (TPSA) is 54.6 Å². The first-order valence-electron chi connectivity index (χ1n) is 11.0. The van der Waals surface area contributed by atoms with Crippen LogP contribution in [-0.4, -0.2) is 29.1 Å². The lowest BCUT2D eigenvalue weighted by molar-refractivity contribution is 0.0697. The van der Waals surface area contributed by atoms with Crippen LogP contribution < -0.4 is 9.47 Å². The monoisotopic (exact) mass is 452 g/mol. The minimum Gasteiger partial charge on any atom is -0.454 e. The first kappa shape index (κ1) is 18.8. The lowest BCUT2D eigenvalue weighted by atomic mass is 9.92. The van der Waals surface area contributed by atoms with Gasteiger partial charge in [0.15, 0.2) is 11.5 Å². The summed E-state index contributed by atoms with van der Waals surface area (Å²) in [4.78, 5) is 20.3. The summed E-state index contributed by atoms with van der Waals surface area (Å²) in [7, 11) is 0. The Balaban J connectivity index is 1.39. The molecule has 33 heavy (non-hydrogen) atoms. The molecule has 6 heteroatoms. The predicted molar refractivity (Wildman–Crippen MR) is 129 cm³/mol. The molecule has 2 aliphatic rings. The van der Waals surface area contributed by atoms with Gasteiger partial charge in [-0.2, -0.15) is 0 Å². The number of para-hydroxylation sites is 1. The van der Waals surface area contributed by atoms with Crippen LogP contribution in [0.4, 0.5) is 0 Å². The Labute approximate surface area is 194 Å². The highest BCUT2D eigenvalue weighted by Gasteiger charge is 2.36. The number of nitrogens with zero attached hydrogens (tertiary/aromatic N) is 1. The molecule has 1 atom stereocenters. The highest BCUT2D eigenvalue weighted by molar-refractivity contribution is 7.20. The summed E-state index contributed by atoms with van der Waals surface area (Å²) in [5.41, 5.74) is 4.48. The fraction of sp³-hybridized carbons (Fsp3) is 0.148. The van der Waals surface area contributed by atoms with Crippen molar-refractivity contribution in [2.45, 2.75) is 12.5 Å². The molecule has 0 aliphatic carbocycles. The molecule has 5 nitrogen and oxygen atoms in total. The summed E-state index contributed by atoms with van der Waals surface area (Å²) in [6.07, 6.45) is 0.817. The van der Waals surface area contributed by atoms with Crippen molar-refractivity contribution in [2.24, 2.45) is 0 Å². The van der Waals surface area contributed by atoms with E-state index in [9.17, 15) is 4.79 Å². The predicted octanol–water partition coefficient (Wildman–Crippen LogP) is 5.90. The number of amides is 1. The highest BCUT2D eigenvalue weighted by atomic mass is 32.1. The van der Waals surface area contributed by atoms with E-state index in [-0.39, 0.29) is 18.7 Å². The molecule has 0 spiro atoms. The van der Waals surface area contributed by atoms with E-state index in [2.05, 4.69) is 35.3 Å². The van der Waals surface area contributed by atoms with Crippen LogP contribution in [0.2, 0.25) is 0 Å². The van der Waals surface area contributed by atoms with E-state index in [1.54, 1.807) is 11.3 Å². The zero-order valence-electron chi connectivity index (χ0n) is 17.7. The largest absolute Gasteiger partial charge is 0.454 e. The molecule has 1 N–H and O–H groups in total. The number of carbonyl (C=O) groups is 1. The zero-order chi connectivity index (χ0) is 21.9. The van der Waals surface area contributed by atoms with Crippen molar-refractivity contribution in [3.63, 3.8) is 0 Å². The van der Waals surface area contributed by atoms with E-state index in [1.807, 2.05) is 47.4 Å². The first-order chi connectivity index (χ1) is 16.3. The summed E-state index contributed by atoms with van der Waals surface area (Å²) in [6, 6.07) is 24.3. The molecule has 4 heterocycles. The van der Waals surface area contributed by atoms with E-state index in [0.29, 0.717) is 6.54 Å². The van der Waals surface area contributed by atoms with Gasteiger partial charge >= 0.3 is 0 Å². The maximum absolute atomic E-state index is 13.9. The summed E-state index contributed by atoms with van der Waals surface area (Å²) in [5.74, 6) is 1.53. The van der Waals surface area contributed by atoms with Crippen molar-refractivity contribution < 1.29 is 14.3 Å². The molecule has 2 aromatic heterocycles. The Morgan fingerprint density at radius 2 is 1.82 bits per heavy atom. The first-order valence-corrected chi connectivity index (χ1v) is 11.9. The summed E-state index contributed by atoms with van der Waals surface area (Å²) in [5, 5.41) is 2.33. The summed E-state index contributed by atoms with van der Waals surface area (Å²) in [6.45, 7) is 0.882. The van der Waals surface area contributed by atoms with Crippen LogP contribution in [0.5, 0.6) is 11.5 Å². The van der Waals surface area contributed by atoms with Crippen molar-refractivity contribution >= 4 is 38.2 Å². The third kappa shape index (κ3) is 2.87. The van der Waals surface area contributed by atoms with Crippen molar-refractivity contribution in [1.29, 1.82) is 0 Å². The van der Waals surface area contributed by atoms with E-state index >= 15 is 0 Å². The normalized spacial score (nSPS) is 17.0. The van der Waals surface area contributed by atoms with E-state index in [1.165, 1.54) is 10.9 Å². The van der Waals surface area contributed by atoms with Crippen LogP contribution in [0.15, 0.2) is 72.8 Å². The Bertz CT molecular complexity index is 1520. The van der Waals surface area contributed by atoms with Crippen molar-refractivity contribution in [1.82, 2.24) is 9.88 Å². The molecule has 0 saturated heterocycles. The fourth-order valence-electron chi connectivity index (χ4n) is 5.12. The number of benzene rings is 3. The average molecular weight is 453 g/mol. The summed E-state index contributed by atoms with van der Waals surface area (Å²) < 4.78 is 12.3. The van der Waals surface area contributed by atoms with Crippen LogP contribution in [0.1, 0.15) is 32.5 Å². The molecule has 5 aromatic rings. The number of hydrogen-bond acceptors (Lipinski definition) is 4. The molecule has 1 unspecified atom stereocenters. The molecular formula is C27H20N2O3S. The number of aromatic amines is 1. The third-order valence-corrected chi connectivity index (χ3v) is 7.75. The molecule has 0 bridgehead atoms. The fourth-order valence-corrected chi connectivity index (χ4v) is 6.14. The number of nitrogens with one attached hydrogen (secondary N) is 1. The molecule has 3 aromatic carbocycles. The maximum Gasteiger partial charge on any atom is 0.264 e. The van der Waals surface area contributed by atoms with Gasteiger partial charge in [0.05, 0.1) is 10.9 Å². The highest BCUT2D eigenvalue weighted by Crippen LogP contribution is 2.43. The number of thiophene rings is 1. The molecule has 0 radical (unpaired) electrons. The molecule has 0 fully saturated rings. The number of ether oxygens (including phenoxy) is 2. The number of aromatic nitrogens is 1. The molecule has 0 saturated carbocycles. The number of carbonyl (C=O) groups excluding carboxylic acids is 1. The Kier molecular flexibility index (Phi) is 4.05. The quantitative estimate of drug-likeness (QED) is 0.363. The van der Waals surface area contributed by atoms with Gasteiger partial charge in [0.1, 0.15) is 0 Å². The smallest absolute Gasteiger partial charge is 0.264 e. The SMILES string of the molecule is O=C(c1cc2ccccc2s1)N1CCc2c([nH]c3ccccc23)C1c1ccc2c(c1)OCO2. The second-order valence-electron chi connectivity index (χ2n) is 8.48. The number of H-pyrrole nitrogens is 1.